The number of hydrogen-bond donors (Lipinski definition) is 2. The van der Waals surface area contributed by atoms with Crippen molar-refractivity contribution in [3.05, 3.63) is 35.9 Å². The van der Waals surface area contributed by atoms with Crippen LogP contribution in [0.1, 0.15) is 24.9 Å². The Balaban J connectivity index is 0.00000220. The predicted molar refractivity (Wildman–Crippen MR) is 82.2 cm³/mol. The molecule has 0 radical (unpaired) electrons. The number of hydrogen-bond acceptors (Lipinski definition) is 4. The summed E-state index contributed by atoms with van der Waals surface area (Å²) in [5.74, 6) is -0.592. The maximum Gasteiger partial charge on any atom is 0.333 e. The van der Waals surface area contributed by atoms with Crippen molar-refractivity contribution < 1.29 is 14.3 Å². The van der Waals surface area contributed by atoms with Crippen molar-refractivity contribution in [2.75, 3.05) is 19.7 Å². The lowest BCUT2D eigenvalue weighted by molar-refractivity contribution is -0.148. The third-order valence-electron chi connectivity index (χ3n) is 3.37. The number of rotatable bonds is 5. The van der Waals surface area contributed by atoms with Gasteiger partial charge in [0.05, 0.1) is 12.5 Å². The fourth-order valence-corrected chi connectivity index (χ4v) is 2.29. The third-order valence-corrected chi connectivity index (χ3v) is 3.37. The number of carbonyl (C=O) groups excluding carboxylic acids is 2. The highest BCUT2D eigenvalue weighted by Crippen LogP contribution is 2.17. The van der Waals surface area contributed by atoms with E-state index < -0.39 is 12.0 Å². The average molecular weight is 313 g/mol. The molecule has 2 N–H and O–H groups in total. The maximum absolute atomic E-state index is 12.2. The monoisotopic (exact) mass is 312 g/mol. The van der Waals surface area contributed by atoms with Crippen LogP contribution < -0.4 is 10.6 Å². The number of amides is 1. The molecule has 1 unspecified atom stereocenters. The van der Waals surface area contributed by atoms with Crippen molar-refractivity contribution in [2.45, 2.75) is 19.4 Å². The SMILES string of the molecule is CCOC(=O)[C@H](NC(=O)C1CCNC1)c1ccccc1.Cl. The van der Waals surface area contributed by atoms with E-state index in [0.29, 0.717) is 13.2 Å². The van der Waals surface area contributed by atoms with Crippen LogP contribution in [0.2, 0.25) is 0 Å². The van der Waals surface area contributed by atoms with Crippen molar-refractivity contribution >= 4 is 24.3 Å². The second-order valence-corrected chi connectivity index (χ2v) is 4.79. The van der Waals surface area contributed by atoms with Crippen LogP contribution >= 0.6 is 12.4 Å². The zero-order valence-corrected chi connectivity index (χ0v) is 12.8. The number of esters is 1. The van der Waals surface area contributed by atoms with Gasteiger partial charge in [0, 0.05) is 6.54 Å². The largest absolute Gasteiger partial charge is 0.464 e. The molecule has 2 rings (SSSR count). The van der Waals surface area contributed by atoms with Crippen LogP contribution in [0.5, 0.6) is 0 Å². The standard InChI is InChI=1S/C15H20N2O3.ClH/c1-2-20-15(19)13(11-6-4-3-5-7-11)17-14(18)12-8-9-16-10-12;/h3-7,12-13,16H,2,8-10H2,1H3,(H,17,18);1H/t12?,13-;/m1./s1. The Kier molecular flexibility index (Phi) is 7.19. The van der Waals surface area contributed by atoms with Crippen LogP contribution in [-0.2, 0) is 14.3 Å². The molecule has 0 aromatic heterocycles. The molecule has 1 aromatic carbocycles. The highest BCUT2D eigenvalue weighted by molar-refractivity contribution is 5.87. The van der Waals surface area contributed by atoms with Gasteiger partial charge in [0.1, 0.15) is 0 Å². The Morgan fingerprint density at radius 3 is 2.67 bits per heavy atom. The minimum Gasteiger partial charge on any atom is -0.464 e. The first kappa shape index (κ1) is 17.5. The Morgan fingerprint density at radius 1 is 1.38 bits per heavy atom. The first-order chi connectivity index (χ1) is 9.72. The fraction of sp³-hybridized carbons (Fsp3) is 0.467. The topological polar surface area (TPSA) is 67.4 Å². The van der Waals surface area contributed by atoms with Crippen molar-refractivity contribution in [1.82, 2.24) is 10.6 Å². The molecule has 5 nitrogen and oxygen atoms in total. The van der Waals surface area contributed by atoms with Crippen LogP contribution in [0.4, 0.5) is 0 Å². The minimum atomic E-state index is -0.732. The molecule has 6 heteroatoms. The van der Waals surface area contributed by atoms with Crippen LogP contribution in [0, 0.1) is 5.92 Å². The fourth-order valence-electron chi connectivity index (χ4n) is 2.29. The van der Waals surface area contributed by atoms with Gasteiger partial charge < -0.3 is 15.4 Å². The molecule has 2 atom stereocenters. The van der Waals surface area contributed by atoms with Crippen LogP contribution in [-0.4, -0.2) is 31.6 Å². The van der Waals surface area contributed by atoms with E-state index in [2.05, 4.69) is 10.6 Å². The number of nitrogens with one attached hydrogen (secondary N) is 2. The molecule has 0 spiro atoms. The lowest BCUT2D eigenvalue weighted by Gasteiger charge is -2.19. The Morgan fingerprint density at radius 2 is 2.10 bits per heavy atom. The van der Waals surface area contributed by atoms with Gasteiger partial charge in [0.15, 0.2) is 6.04 Å². The zero-order valence-electron chi connectivity index (χ0n) is 12.0. The molecular formula is C15H21ClN2O3. The first-order valence-electron chi connectivity index (χ1n) is 6.95. The summed E-state index contributed by atoms with van der Waals surface area (Å²) < 4.78 is 5.05. The van der Waals surface area contributed by atoms with Gasteiger partial charge in [0.25, 0.3) is 0 Å². The quantitative estimate of drug-likeness (QED) is 0.807. The molecular weight excluding hydrogens is 292 g/mol. The molecule has 1 saturated heterocycles. The molecule has 0 aliphatic carbocycles. The molecule has 21 heavy (non-hydrogen) atoms. The Hall–Kier alpha value is -1.59. The van der Waals surface area contributed by atoms with Gasteiger partial charge in [-0.15, -0.1) is 12.4 Å². The van der Waals surface area contributed by atoms with Gasteiger partial charge >= 0.3 is 5.97 Å². The van der Waals surface area contributed by atoms with Gasteiger partial charge in [-0.25, -0.2) is 4.79 Å². The summed E-state index contributed by atoms with van der Waals surface area (Å²) in [5, 5.41) is 5.95. The van der Waals surface area contributed by atoms with Crippen molar-refractivity contribution in [2.24, 2.45) is 5.92 Å². The summed E-state index contributed by atoms with van der Waals surface area (Å²) in [6.07, 6.45) is 0.802. The lowest BCUT2D eigenvalue weighted by Crippen LogP contribution is -2.39. The second-order valence-electron chi connectivity index (χ2n) is 4.79. The molecule has 1 amide bonds. The Bertz CT molecular complexity index is 461. The molecule has 1 aliphatic rings. The highest BCUT2D eigenvalue weighted by Gasteiger charge is 2.29. The molecule has 0 bridgehead atoms. The molecule has 1 fully saturated rings. The smallest absolute Gasteiger partial charge is 0.333 e. The van der Waals surface area contributed by atoms with Crippen molar-refractivity contribution in [3.63, 3.8) is 0 Å². The van der Waals surface area contributed by atoms with E-state index in [1.807, 2.05) is 30.3 Å². The number of benzene rings is 1. The van der Waals surface area contributed by atoms with E-state index in [4.69, 9.17) is 4.74 Å². The van der Waals surface area contributed by atoms with Gasteiger partial charge in [0.2, 0.25) is 5.91 Å². The first-order valence-corrected chi connectivity index (χ1v) is 6.95. The van der Waals surface area contributed by atoms with E-state index in [-0.39, 0.29) is 24.2 Å². The molecule has 116 valence electrons. The summed E-state index contributed by atoms with van der Waals surface area (Å²) in [4.78, 5) is 24.2. The molecule has 1 heterocycles. The average Bonchev–Trinajstić information content (AvgIpc) is 3.00. The lowest BCUT2D eigenvalue weighted by atomic mass is 10.0. The van der Waals surface area contributed by atoms with Crippen molar-refractivity contribution in [1.29, 1.82) is 0 Å². The molecule has 1 aromatic rings. The summed E-state index contributed by atoms with van der Waals surface area (Å²) in [6.45, 7) is 3.55. The minimum absolute atomic E-state index is 0. The Labute approximate surface area is 130 Å². The normalized spacial score (nSPS) is 18.4. The van der Waals surface area contributed by atoms with E-state index >= 15 is 0 Å². The van der Waals surface area contributed by atoms with Crippen LogP contribution in [0.3, 0.4) is 0 Å². The zero-order chi connectivity index (χ0) is 14.4. The maximum atomic E-state index is 12.2. The van der Waals surface area contributed by atoms with Gasteiger partial charge in [-0.1, -0.05) is 30.3 Å². The molecule has 0 saturated carbocycles. The third kappa shape index (κ3) is 4.72. The number of carbonyl (C=O) groups is 2. The van der Waals surface area contributed by atoms with Crippen molar-refractivity contribution in [3.8, 4) is 0 Å². The van der Waals surface area contributed by atoms with Gasteiger partial charge in [-0.2, -0.15) is 0 Å². The predicted octanol–water partition coefficient (Wildman–Crippen LogP) is 1.44. The van der Waals surface area contributed by atoms with E-state index in [1.165, 1.54) is 0 Å². The van der Waals surface area contributed by atoms with E-state index in [1.54, 1.807) is 6.92 Å². The highest BCUT2D eigenvalue weighted by atomic mass is 35.5. The van der Waals surface area contributed by atoms with Gasteiger partial charge in [-0.05, 0) is 25.5 Å². The molecule has 1 aliphatic heterocycles. The van der Waals surface area contributed by atoms with E-state index in [9.17, 15) is 9.59 Å². The number of halogens is 1. The van der Waals surface area contributed by atoms with Crippen LogP contribution in [0.15, 0.2) is 30.3 Å². The summed E-state index contributed by atoms with van der Waals surface area (Å²) >= 11 is 0. The van der Waals surface area contributed by atoms with Gasteiger partial charge in [-0.3, -0.25) is 4.79 Å². The second kappa shape index (κ2) is 8.64. The van der Waals surface area contributed by atoms with E-state index in [0.717, 1.165) is 18.5 Å². The van der Waals surface area contributed by atoms with Crippen LogP contribution in [0.25, 0.3) is 0 Å². The summed E-state index contributed by atoms with van der Waals surface area (Å²) in [6, 6.07) is 8.44. The summed E-state index contributed by atoms with van der Waals surface area (Å²) in [7, 11) is 0. The summed E-state index contributed by atoms with van der Waals surface area (Å²) in [5.41, 5.74) is 0.741. The number of ether oxygens (including phenoxy) is 1.